The van der Waals surface area contributed by atoms with Gasteiger partial charge >= 0.3 is 6.09 Å². The lowest BCUT2D eigenvalue weighted by atomic mass is 9.91. The summed E-state index contributed by atoms with van der Waals surface area (Å²) in [6, 6.07) is 0. The molecule has 0 N–H and O–H groups in total. The molecule has 2 aliphatic heterocycles. The zero-order chi connectivity index (χ0) is 15.2. The molecule has 116 valence electrons. The van der Waals surface area contributed by atoms with Gasteiger partial charge in [-0.05, 0) is 20.8 Å². The van der Waals surface area contributed by atoms with Crippen molar-refractivity contribution in [2.24, 2.45) is 0 Å². The van der Waals surface area contributed by atoms with Gasteiger partial charge in [0.25, 0.3) is 10.1 Å². The molecule has 20 heavy (non-hydrogen) atoms. The number of carbonyl (C=O) groups is 1. The van der Waals surface area contributed by atoms with E-state index in [2.05, 4.69) is 0 Å². The van der Waals surface area contributed by atoms with Crippen molar-refractivity contribution in [2.75, 3.05) is 26.0 Å². The van der Waals surface area contributed by atoms with Crippen LogP contribution in [0, 0.1) is 0 Å². The number of ether oxygens (including phenoxy) is 2. The Morgan fingerprint density at radius 1 is 1.35 bits per heavy atom. The predicted octanol–water partition coefficient (Wildman–Crippen LogP) is 0.741. The lowest BCUT2D eigenvalue weighted by Crippen LogP contribution is -2.63. The second-order valence-electron chi connectivity index (χ2n) is 6.46. The molecule has 7 nitrogen and oxygen atoms in total. The van der Waals surface area contributed by atoms with Crippen LogP contribution in [0.2, 0.25) is 0 Å². The Balaban J connectivity index is 1.83. The number of nitrogens with zero attached hydrogens (tertiary/aromatic N) is 1. The van der Waals surface area contributed by atoms with Crippen molar-refractivity contribution >= 4 is 16.2 Å². The maximum Gasteiger partial charge on any atom is 0.410 e. The van der Waals surface area contributed by atoms with Crippen molar-refractivity contribution in [2.45, 2.75) is 44.5 Å². The van der Waals surface area contributed by atoms with Gasteiger partial charge in [0.15, 0.2) is 0 Å². The predicted molar refractivity (Wildman–Crippen MR) is 70.8 cm³/mol. The Hall–Kier alpha value is -0.860. The fourth-order valence-corrected chi connectivity index (χ4v) is 3.05. The zero-order valence-electron chi connectivity index (χ0n) is 12.2. The van der Waals surface area contributed by atoms with Crippen molar-refractivity contribution in [3.8, 4) is 0 Å². The van der Waals surface area contributed by atoms with Crippen LogP contribution in [0.4, 0.5) is 4.79 Å². The summed E-state index contributed by atoms with van der Waals surface area (Å²) in [6.45, 7) is 6.47. The van der Waals surface area contributed by atoms with E-state index in [4.69, 9.17) is 13.7 Å². The third-order valence-electron chi connectivity index (χ3n) is 3.10. The monoisotopic (exact) mass is 307 g/mol. The Bertz CT molecular complexity index is 489. The number of hydrogen-bond acceptors (Lipinski definition) is 6. The Morgan fingerprint density at radius 3 is 2.45 bits per heavy atom. The van der Waals surface area contributed by atoms with E-state index >= 15 is 0 Å². The summed E-state index contributed by atoms with van der Waals surface area (Å²) >= 11 is 0. The summed E-state index contributed by atoms with van der Waals surface area (Å²) in [6.07, 6.45) is 0.649. The molecular weight excluding hydrogens is 286 g/mol. The van der Waals surface area contributed by atoms with Gasteiger partial charge in [0.2, 0.25) is 0 Å². The summed E-state index contributed by atoms with van der Waals surface area (Å²) in [5.41, 5.74) is -1.01. The minimum Gasteiger partial charge on any atom is -0.444 e. The second kappa shape index (κ2) is 4.85. The summed E-state index contributed by atoms with van der Waals surface area (Å²) in [7, 11) is -3.48. The standard InChI is InChI=1S/C12H21NO6S/c1-11(2,3)18-10(14)13-7-12(8-13)5-9(6-17-12)19-20(4,15)16/h9H,5-8H2,1-4H3. The molecule has 0 bridgehead atoms. The lowest BCUT2D eigenvalue weighted by molar-refractivity contribution is -0.109. The maximum absolute atomic E-state index is 11.8. The van der Waals surface area contributed by atoms with Crippen molar-refractivity contribution in [1.29, 1.82) is 0 Å². The van der Waals surface area contributed by atoms with Gasteiger partial charge in [-0.1, -0.05) is 0 Å². The highest BCUT2D eigenvalue weighted by molar-refractivity contribution is 7.86. The van der Waals surface area contributed by atoms with Crippen LogP contribution >= 0.6 is 0 Å². The second-order valence-corrected chi connectivity index (χ2v) is 8.06. The van der Waals surface area contributed by atoms with Gasteiger partial charge in [0, 0.05) is 6.42 Å². The van der Waals surface area contributed by atoms with E-state index in [1.54, 1.807) is 4.90 Å². The molecule has 0 aliphatic carbocycles. The molecule has 0 saturated carbocycles. The topological polar surface area (TPSA) is 82.1 Å². The molecule has 1 spiro atoms. The number of carbonyl (C=O) groups excluding carboxylic acids is 1. The van der Waals surface area contributed by atoms with Crippen LogP contribution in [0.1, 0.15) is 27.2 Å². The molecule has 0 aromatic heterocycles. The van der Waals surface area contributed by atoms with Crippen LogP contribution in [0.25, 0.3) is 0 Å². The lowest BCUT2D eigenvalue weighted by Gasteiger charge is -2.46. The minimum absolute atomic E-state index is 0.231. The van der Waals surface area contributed by atoms with Gasteiger partial charge in [0.05, 0.1) is 26.0 Å². The number of likely N-dealkylation sites (tertiary alicyclic amines) is 1. The molecule has 2 rings (SSSR count). The minimum atomic E-state index is -3.48. The van der Waals surface area contributed by atoms with Crippen LogP contribution in [0.15, 0.2) is 0 Å². The molecule has 1 atom stereocenters. The molecule has 0 radical (unpaired) electrons. The Morgan fingerprint density at radius 2 is 1.95 bits per heavy atom. The number of hydrogen-bond donors (Lipinski definition) is 0. The van der Waals surface area contributed by atoms with E-state index in [0.29, 0.717) is 19.5 Å². The quantitative estimate of drug-likeness (QED) is 0.700. The summed E-state index contributed by atoms with van der Waals surface area (Å²) in [5, 5.41) is 0. The fourth-order valence-electron chi connectivity index (χ4n) is 2.44. The molecule has 2 aliphatic rings. The smallest absolute Gasteiger partial charge is 0.410 e. The largest absolute Gasteiger partial charge is 0.444 e. The molecule has 0 aromatic rings. The summed E-state index contributed by atoms with van der Waals surface area (Å²) in [5.74, 6) is 0. The van der Waals surface area contributed by atoms with Crippen molar-refractivity contribution in [1.82, 2.24) is 4.90 Å². The SMILES string of the molecule is CC(C)(C)OC(=O)N1CC2(CC(OS(C)(=O)=O)CO2)C1. The first-order chi connectivity index (χ1) is 8.98. The van der Waals surface area contributed by atoms with E-state index in [1.807, 2.05) is 20.8 Å². The van der Waals surface area contributed by atoms with Crippen molar-refractivity contribution in [3.63, 3.8) is 0 Å². The zero-order valence-corrected chi connectivity index (χ0v) is 13.0. The van der Waals surface area contributed by atoms with Crippen LogP contribution in [-0.4, -0.2) is 62.7 Å². The van der Waals surface area contributed by atoms with E-state index in [0.717, 1.165) is 6.26 Å². The van der Waals surface area contributed by atoms with Crippen LogP contribution in [0.3, 0.4) is 0 Å². The number of rotatable bonds is 2. The van der Waals surface area contributed by atoms with Gasteiger partial charge in [-0.25, -0.2) is 4.79 Å². The Kier molecular flexibility index (Phi) is 3.77. The Labute approximate surface area is 119 Å². The molecule has 2 saturated heterocycles. The first-order valence-corrected chi connectivity index (χ1v) is 8.30. The van der Waals surface area contributed by atoms with Crippen LogP contribution in [0.5, 0.6) is 0 Å². The van der Waals surface area contributed by atoms with Crippen LogP contribution < -0.4 is 0 Å². The molecule has 8 heteroatoms. The highest BCUT2D eigenvalue weighted by atomic mass is 32.2. The summed E-state index contributed by atoms with van der Waals surface area (Å²) in [4.78, 5) is 13.4. The third kappa shape index (κ3) is 3.83. The summed E-state index contributed by atoms with van der Waals surface area (Å²) < 4.78 is 37.9. The van der Waals surface area contributed by atoms with E-state index in [-0.39, 0.29) is 12.7 Å². The van der Waals surface area contributed by atoms with Gasteiger partial charge < -0.3 is 14.4 Å². The highest BCUT2D eigenvalue weighted by Crippen LogP contribution is 2.37. The molecule has 2 fully saturated rings. The molecular formula is C12H21NO6S. The van der Waals surface area contributed by atoms with E-state index < -0.39 is 27.4 Å². The first-order valence-electron chi connectivity index (χ1n) is 6.48. The maximum atomic E-state index is 11.8. The average molecular weight is 307 g/mol. The van der Waals surface area contributed by atoms with Gasteiger partial charge in [-0.2, -0.15) is 8.42 Å². The molecule has 1 amide bonds. The molecule has 1 unspecified atom stereocenters. The normalized spacial score (nSPS) is 25.6. The van der Waals surface area contributed by atoms with E-state index in [1.165, 1.54) is 0 Å². The van der Waals surface area contributed by atoms with E-state index in [9.17, 15) is 13.2 Å². The molecule has 0 aromatic carbocycles. The van der Waals surface area contributed by atoms with Gasteiger partial charge in [-0.15, -0.1) is 0 Å². The first kappa shape index (κ1) is 15.5. The van der Waals surface area contributed by atoms with Crippen molar-refractivity contribution in [3.05, 3.63) is 0 Å². The fraction of sp³-hybridized carbons (Fsp3) is 0.917. The van der Waals surface area contributed by atoms with Crippen molar-refractivity contribution < 1.29 is 26.9 Å². The van der Waals surface area contributed by atoms with Gasteiger partial charge in [-0.3, -0.25) is 4.18 Å². The van der Waals surface area contributed by atoms with Crippen LogP contribution in [-0.2, 0) is 23.8 Å². The molecule has 2 heterocycles. The average Bonchev–Trinajstić information content (AvgIpc) is 2.53. The van der Waals surface area contributed by atoms with Gasteiger partial charge in [0.1, 0.15) is 17.3 Å². The highest BCUT2D eigenvalue weighted by Gasteiger charge is 2.53. The number of amides is 1. The third-order valence-corrected chi connectivity index (χ3v) is 3.72.